The van der Waals surface area contributed by atoms with Gasteiger partial charge >= 0.3 is 5.97 Å². The second-order valence-electron chi connectivity index (χ2n) is 4.97. The molecule has 7 nitrogen and oxygen atoms in total. The Labute approximate surface area is 122 Å². The highest BCUT2D eigenvalue weighted by atomic mass is 16.4. The Morgan fingerprint density at radius 1 is 1.29 bits per heavy atom. The van der Waals surface area contributed by atoms with Crippen LogP contribution in [0.25, 0.3) is 0 Å². The van der Waals surface area contributed by atoms with Crippen LogP contribution < -0.4 is 16.4 Å². The van der Waals surface area contributed by atoms with Crippen molar-refractivity contribution in [3.63, 3.8) is 0 Å². The molecule has 0 aromatic heterocycles. The summed E-state index contributed by atoms with van der Waals surface area (Å²) in [6.45, 7) is 4.64. The van der Waals surface area contributed by atoms with Crippen molar-refractivity contribution < 1.29 is 19.5 Å². The molecule has 0 bridgehead atoms. The number of carboxylic acids is 1. The van der Waals surface area contributed by atoms with Gasteiger partial charge in [-0.05, 0) is 31.5 Å². The molecule has 0 saturated carbocycles. The van der Waals surface area contributed by atoms with E-state index in [1.165, 1.54) is 25.1 Å². The molecule has 0 heterocycles. The minimum Gasteiger partial charge on any atom is -0.478 e. The third-order valence-electron chi connectivity index (χ3n) is 3.07. The number of carbonyl (C=O) groups excluding carboxylic acids is 2. The molecule has 2 amide bonds. The van der Waals surface area contributed by atoms with Crippen LogP contribution in [0.2, 0.25) is 0 Å². The zero-order valence-corrected chi connectivity index (χ0v) is 12.2. The average Bonchev–Trinajstić information content (AvgIpc) is 2.39. The van der Waals surface area contributed by atoms with Gasteiger partial charge in [0.25, 0.3) is 0 Å². The van der Waals surface area contributed by atoms with Crippen LogP contribution in [0, 0.1) is 0 Å². The third-order valence-corrected chi connectivity index (χ3v) is 3.07. The molecule has 114 valence electrons. The highest BCUT2D eigenvalue weighted by Gasteiger charge is 2.27. The van der Waals surface area contributed by atoms with Crippen molar-refractivity contribution in [3.05, 3.63) is 23.8 Å². The first-order chi connectivity index (χ1) is 9.67. The summed E-state index contributed by atoms with van der Waals surface area (Å²) in [5, 5.41) is 14.2. The summed E-state index contributed by atoms with van der Waals surface area (Å²) in [5.74, 6) is -2.00. The molecule has 0 saturated heterocycles. The van der Waals surface area contributed by atoms with Gasteiger partial charge in [-0.1, -0.05) is 6.92 Å². The first-order valence-electron chi connectivity index (χ1n) is 6.42. The molecule has 1 atom stereocenters. The number of hydrogen-bond donors (Lipinski definition) is 4. The number of rotatable bonds is 5. The Morgan fingerprint density at radius 3 is 2.38 bits per heavy atom. The molecule has 1 aromatic rings. The number of nitrogens with two attached hydrogens (primary N) is 1. The van der Waals surface area contributed by atoms with Crippen LogP contribution in [0.15, 0.2) is 18.2 Å². The number of carboxylic acid groups (broad SMARTS) is 1. The van der Waals surface area contributed by atoms with Gasteiger partial charge in [-0.2, -0.15) is 0 Å². The van der Waals surface area contributed by atoms with E-state index in [0.717, 1.165) is 0 Å². The Hall–Kier alpha value is -2.41. The summed E-state index contributed by atoms with van der Waals surface area (Å²) in [6.07, 6.45) is 0.408. The summed E-state index contributed by atoms with van der Waals surface area (Å²) < 4.78 is 0. The van der Waals surface area contributed by atoms with E-state index in [-0.39, 0.29) is 17.2 Å². The molecule has 1 unspecified atom stereocenters. The van der Waals surface area contributed by atoms with Crippen LogP contribution in [0.4, 0.5) is 11.4 Å². The maximum atomic E-state index is 12.0. The summed E-state index contributed by atoms with van der Waals surface area (Å²) in [5.41, 5.74) is 5.07. The number of amides is 2. The van der Waals surface area contributed by atoms with Gasteiger partial charge in [0, 0.05) is 12.6 Å². The molecule has 1 rings (SSSR count). The van der Waals surface area contributed by atoms with Gasteiger partial charge in [0.15, 0.2) is 0 Å². The van der Waals surface area contributed by atoms with Crippen LogP contribution in [0.1, 0.15) is 37.6 Å². The van der Waals surface area contributed by atoms with Gasteiger partial charge in [0.05, 0.1) is 16.8 Å². The number of anilines is 2. The zero-order valence-electron chi connectivity index (χ0n) is 12.2. The molecule has 1 aromatic carbocycles. The van der Waals surface area contributed by atoms with E-state index >= 15 is 0 Å². The van der Waals surface area contributed by atoms with Gasteiger partial charge in [-0.25, -0.2) is 4.79 Å². The lowest BCUT2D eigenvalue weighted by Gasteiger charge is -2.22. The van der Waals surface area contributed by atoms with Crippen molar-refractivity contribution in [3.8, 4) is 0 Å². The lowest BCUT2D eigenvalue weighted by molar-refractivity contribution is -0.120. The Bertz CT molecular complexity index is 582. The summed E-state index contributed by atoms with van der Waals surface area (Å²) in [7, 11) is 0. The molecule has 0 aliphatic heterocycles. The van der Waals surface area contributed by atoms with E-state index in [0.29, 0.717) is 12.1 Å². The second kappa shape index (κ2) is 6.36. The van der Waals surface area contributed by atoms with Crippen molar-refractivity contribution in [2.45, 2.75) is 32.7 Å². The summed E-state index contributed by atoms with van der Waals surface area (Å²) in [4.78, 5) is 34.3. The Balaban J connectivity index is 3.10. The maximum Gasteiger partial charge on any atom is 0.337 e. The van der Waals surface area contributed by atoms with Crippen molar-refractivity contribution >= 4 is 29.2 Å². The van der Waals surface area contributed by atoms with Crippen molar-refractivity contribution in [1.82, 2.24) is 0 Å². The minimum atomic E-state index is -1.22. The highest BCUT2D eigenvalue weighted by Crippen LogP contribution is 2.22. The Kier molecular flexibility index (Phi) is 5.04. The normalized spacial score (nSPS) is 13.1. The van der Waals surface area contributed by atoms with Crippen LogP contribution in [-0.4, -0.2) is 28.4 Å². The number of aromatic carboxylic acids is 1. The third kappa shape index (κ3) is 4.28. The first-order valence-corrected chi connectivity index (χ1v) is 6.42. The second-order valence-corrected chi connectivity index (χ2v) is 4.97. The van der Waals surface area contributed by atoms with Crippen LogP contribution in [0.5, 0.6) is 0 Å². The molecule has 7 heteroatoms. The smallest absolute Gasteiger partial charge is 0.337 e. The number of carbonyl (C=O) groups is 3. The fraction of sp³-hybridized carbons (Fsp3) is 0.357. The van der Waals surface area contributed by atoms with E-state index < -0.39 is 17.4 Å². The van der Waals surface area contributed by atoms with E-state index in [4.69, 9.17) is 5.73 Å². The number of hydrogen-bond acceptors (Lipinski definition) is 4. The summed E-state index contributed by atoms with van der Waals surface area (Å²) >= 11 is 0. The monoisotopic (exact) mass is 293 g/mol. The lowest BCUT2D eigenvalue weighted by Crippen LogP contribution is -2.48. The SMILES string of the molecule is CCC(C)(N)C(=O)Nc1ccc(NC(C)=O)cc1C(=O)O. The van der Waals surface area contributed by atoms with Gasteiger partial charge < -0.3 is 21.5 Å². The number of nitrogens with one attached hydrogen (secondary N) is 2. The first kappa shape index (κ1) is 16.6. The van der Waals surface area contributed by atoms with E-state index in [1.807, 2.05) is 0 Å². The predicted molar refractivity (Wildman–Crippen MR) is 79.2 cm³/mol. The predicted octanol–water partition coefficient (Wildman–Crippen LogP) is 1.41. The summed E-state index contributed by atoms with van der Waals surface area (Å²) in [6, 6.07) is 4.20. The highest BCUT2D eigenvalue weighted by molar-refractivity contribution is 6.04. The van der Waals surface area contributed by atoms with Crippen molar-refractivity contribution in [2.24, 2.45) is 5.73 Å². The van der Waals surface area contributed by atoms with Crippen LogP contribution in [0.3, 0.4) is 0 Å². The topological polar surface area (TPSA) is 122 Å². The fourth-order valence-electron chi connectivity index (χ4n) is 1.54. The lowest BCUT2D eigenvalue weighted by atomic mass is 9.99. The molecule has 5 N–H and O–H groups in total. The molecule has 0 radical (unpaired) electrons. The van der Waals surface area contributed by atoms with E-state index in [2.05, 4.69) is 10.6 Å². The van der Waals surface area contributed by atoms with Crippen molar-refractivity contribution in [2.75, 3.05) is 10.6 Å². The standard InChI is InChI=1S/C14H19N3O4/c1-4-14(3,15)13(21)17-11-6-5-9(16-8(2)18)7-10(11)12(19)20/h5-7H,4,15H2,1-3H3,(H,16,18)(H,17,21)(H,19,20). The Morgan fingerprint density at radius 2 is 1.90 bits per heavy atom. The van der Waals surface area contributed by atoms with E-state index in [9.17, 15) is 19.5 Å². The van der Waals surface area contributed by atoms with Crippen LogP contribution >= 0.6 is 0 Å². The van der Waals surface area contributed by atoms with E-state index in [1.54, 1.807) is 13.8 Å². The molecule has 0 spiro atoms. The molecule has 0 fully saturated rings. The van der Waals surface area contributed by atoms with Gasteiger partial charge in [-0.3, -0.25) is 9.59 Å². The molecular formula is C14H19N3O4. The molecular weight excluding hydrogens is 274 g/mol. The quantitative estimate of drug-likeness (QED) is 0.654. The molecule has 0 aliphatic rings. The fourth-order valence-corrected chi connectivity index (χ4v) is 1.54. The molecule has 0 aliphatic carbocycles. The van der Waals surface area contributed by atoms with Gasteiger partial charge in [0.2, 0.25) is 11.8 Å². The zero-order chi connectivity index (χ0) is 16.2. The largest absolute Gasteiger partial charge is 0.478 e. The molecule has 21 heavy (non-hydrogen) atoms. The van der Waals surface area contributed by atoms with Crippen molar-refractivity contribution in [1.29, 1.82) is 0 Å². The van der Waals surface area contributed by atoms with Gasteiger partial charge in [-0.15, -0.1) is 0 Å². The van der Waals surface area contributed by atoms with Gasteiger partial charge in [0.1, 0.15) is 0 Å². The van der Waals surface area contributed by atoms with Crippen LogP contribution in [-0.2, 0) is 9.59 Å². The minimum absolute atomic E-state index is 0.124. The maximum absolute atomic E-state index is 12.0. The average molecular weight is 293 g/mol. The number of benzene rings is 1.